The predicted octanol–water partition coefficient (Wildman–Crippen LogP) is 3.54. The smallest absolute Gasteiger partial charge is 0.475 e. The van der Waals surface area contributed by atoms with Gasteiger partial charge < -0.3 is 14.6 Å². The summed E-state index contributed by atoms with van der Waals surface area (Å²) in [5.41, 5.74) is 3.99. The first kappa shape index (κ1) is 22.0. The van der Waals surface area contributed by atoms with E-state index >= 15 is 0 Å². The van der Waals surface area contributed by atoms with Crippen molar-refractivity contribution >= 4 is 11.9 Å². The van der Waals surface area contributed by atoms with Gasteiger partial charge in [-0.2, -0.15) is 13.2 Å². The summed E-state index contributed by atoms with van der Waals surface area (Å²) in [5, 5.41) is 7.12. The molecule has 3 heterocycles. The first-order chi connectivity index (χ1) is 14.7. The van der Waals surface area contributed by atoms with Crippen molar-refractivity contribution < 1.29 is 27.9 Å². The molecular formula is C21H19F3N4O3. The third-order valence-electron chi connectivity index (χ3n) is 4.65. The van der Waals surface area contributed by atoms with Gasteiger partial charge in [0.05, 0.1) is 18.4 Å². The summed E-state index contributed by atoms with van der Waals surface area (Å²) >= 11 is 0. The summed E-state index contributed by atoms with van der Waals surface area (Å²) in [5.74, 6) is -1.78. The quantitative estimate of drug-likeness (QED) is 0.669. The van der Waals surface area contributed by atoms with E-state index in [4.69, 9.17) is 9.90 Å². The molecule has 0 saturated carbocycles. The topological polar surface area (TPSA) is 88.3 Å². The van der Waals surface area contributed by atoms with Gasteiger partial charge in [0.1, 0.15) is 5.82 Å². The molecule has 0 spiro atoms. The lowest BCUT2D eigenvalue weighted by Gasteiger charge is -2.28. The summed E-state index contributed by atoms with van der Waals surface area (Å²) in [6, 6.07) is 11.7. The highest BCUT2D eigenvalue weighted by molar-refractivity contribution is 5.94. The van der Waals surface area contributed by atoms with Gasteiger partial charge in [-0.25, -0.2) is 9.78 Å². The van der Waals surface area contributed by atoms with E-state index in [0.717, 1.165) is 34.8 Å². The Bertz CT molecular complexity index is 1060. The normalized spacial score (nSPS) is 13.1. The zero-order valence-electron chi connectivity index (χ0n) is 16.5. The molecule has 1 aromatic carbocycles. The summed E-state index contributed by atoms with van der Waals surface area (Å²) in [6.07, 6.45) is 0.388. The van der Waals surface area contributed by atoms with E-state index in [0.29, 0.717) is 13.1 Å². The molecule has 0 fully saturated rings. The Morgan fingerprint density at radius 1 is 1.06 bits per heavy atom. The van der Waals surface area contributed by atoms with Crippen LogP contribution in [0.15, 0.2) is 55.0 Å². The standard InChI is InChI=1S/C19H18N4O.C2HF3O2/c1-14-4-6-15(7-5-14)19(24)22-9-10-23-17(12-21-18(23)13-22)16-3-2-8-20-11-16;3-2(4,5)1(6)7/h2-8,11-12H,9-10,13H2,1H3;(H,6,7). The average Bonchev–Trinajstić information content (AvgIpc) is 3.17. The molecular weight excluding hydrogens is 413 g/mol. The molecule has 7 nitrogen and oxygen atoms in total. The largest absolute Gasteiger partial charge is 0.490 e. The molecule has 1 aliphatic heterocycles. The van der Waals surface area contributed by atoms with Crippen LogP contribution in [0.4, 0.5) is 13.2 Å². The molecule has 31 heavy (non-hydrogen) atoms. The van der Waals surface area contributed by atoms with Gasteiger partial charge in [-0.15, -0.1) is 0 Å². The molecule has 3 aromatic rings. The van der Waals surface area contributed by atoms with Crippen LogP contribution in [-0.4, -0.2) is 49.1 Å². The second kappa shape index (κ2) is 8.99. The van der Waals surface area contributed by atoms with Gasteiger partial charge in [-0.1, -0.05) is 17.7 Å². The van der Waals surface area contributed by atoms with Crippen molar-refractivity contribution in [2.75, 3.05) is 6.54 Å². The van der Waals surface area contributed by atoms with Crippen LogP contribution in [0.1, 0.15) is 21.7 Å². The number of rotatable bonds is 2. The van der Waals surface area contributed by atoms with Crippen LogP contribution in [0.3, 0.4) is 0 Å². The van der Waals surface area contributed by atoms with E-state index in [1.165, 1.54) is 0 Å². The molecule has 1 aliphatic rings. The van der Waals surface area contributed by atoms with Gasteiger partial charge in [0.2, 0.25) is 0 Å². The summed E-state index contributed by atoms with van der Waals surface area (Å²) < 4.78 is 33.9. The molecule has 1 N–H and O–H groups in total. The number of halogens is 3. The van der Waals surface area contributed by atoms with E-state index < -0.39 is 12.1 Å². The van der Waals surface area contributed by atoms with Crippen molar-refractivity contribution in [3.05, 3.63) is 71.9 Å². The number of imidazole rings is 1. The number of alkyl halides is 3. The van der Waals surface area contributed by atoms with Gasteiger partial charge in [0, 0.05) is 36.6 Å². The Morgan fingerprint density at radius 3 is 2.32 bits per heavy atom. The van der Waals surface area contributed by atoms with Crippen molar-refractivity contribution in [3.8, 4) is 11.3 Å². The SMILES string of the molecule is Cc1ccc(C(=O)N2CCn3c(-c4cccnc4)cnc3C2)cc1.O=C(O)C(F)(F)F. The molecule has 0 aliphatic carbocycles. The number of carboxylic acids is 1. The minimum Gasteiger partial charge on any atom is -0.475 e. The molecule has 4 rings (SSSR count). The third-order valence-corrected chi connectivity index (χ3v) is 4.65. The minimum absolute atomic E-state index is 0.0622. The molecule has 10 heteroatoms. The number of aryl methyl sites for hydroxylation is 1. The predicted molar refractivity (Wildman–Crippen MR) is 105 cm³/mol. The van der Waals surface area contributed by atoms with Crippen molar-refractivity contribution in [2.45, 2.75) is 26.2 Å². The number of nitrogens with zero attached hydrogens (tertiary/aromatic N) is 4. The molecule has 0 saturated heterocycles. The number of pyridine rings is 1. The highest BCUT2D eigenvalue weighted by Crippen LogP contribution is 2.24. The number of aliphatic carboxylic acids is 1. The van der Waals surface area contributed by atoms with Crippen LogP contribution in [0.5, 0.6) is 0 Å². The van der Waals surface area contributed by atoms with Crippen LogP contribution in [0, 0.1) is 6.92 Å². The van der Waals surface area contributed by atoms with Gasteiger partial charge in [-0.3, -0.25) is 9.78 Å². The van der Waals surface area contributed by atoms with Crippen molar-refractivity contribution in [1.29, 1.82) is 0 Å². The van der Waals surface area contributed by atoms with Gasteiger partial charge in [0.15, 0.2) is 0 Å². The number of carboxylic acid groups (broad SMARTS) is 1. The highest BCUT2D eigenvalue weighted by atomic mass is 19.4. The molecule has 2 aromatic heterocycles. The lowest BCUT2D eigenvalue weighted by Crippen LogP contribution is -2.38. The van der Waals surface area contributed by atoms with Crippen LogP contribution in [-0.2, 0) is 17.9 Å². The number of hydrogen-bond donors (Lipinski definition) is 1. The fourth-order valence-electron chi connectivity index (χ4n) is 3.06. The maximum atomic E-state index is 12.7. The number of amides is 1. The zero-order chi connectivity index (χ0) is 22.6. The fourth-order valence-corrected chi connectivity index (χ4v) is 3.06. The summed E-state index contributed by atoms with van der Waals surface area (Å²) in [4.78, 5) is 32.1. The Hall–Kier alpha value is -3.69. The lowest BCUT2D eigenvalue weighted by molar-refractivity contribution is -0.192. The second-order valence-electron chi connectivity index (χ2n) is 6.85. The molecule has 162 valence electrons. The number of hydrogen-bond acceptors (Lipinski definition) is 4. The third kappa shape index (κ3) is 5.27. The maximum absolute atomic E-state index is 12.7. The maximum Gasteiger partial charge on any atom is 0.490 e. The van der Waals surface area contributed by atoms with Crippen LogP contribution < -0.4 is 0 Å². The monoisotopic (exact) mass is 432 g/mol. The van der Waals surface area contributed by atoms with Crippen LogP contribution in [0.2, 0.25) is 0 Å². The van der Waals surface area contributed by atoms with Crippen molar-refractivity contribution in [3.63, 3.8) is 0 Å². The van der Waals surface area contributed by atoms with E-state index in [1.54, 1.807) is 6.20 Å². The van der Waals surface area contributed by atoms with E-state index in [9.17, 15) is 18.0 Å². The Morgan fingerprint density at radius 2 is 1.74 bits per heavy atom. The van der Waals surface area contributed by atoms with Gasteiger partial charge in [0.25, 0.3) is 5.91 Å². The molecule has 0 atom stereocenters. The Labute approximate surface area is 175 Å². The summed E-state index contributed by atoms with van der Waals surface area (Å²) in [7, 11) is 0. The van der Waals surface area contributed by atoms with E-state index in [1.807, 2.05) is 60.6 Å². The average molecular weight is 432 g/mol. The second-order valence-corrected chi connectivity index (χ2v) is 6.85. The Kier molecular flexibility index (Phi) is 6.38. The molecule has 0 unspecified atom stereocenters. The number of aromatic nitrogens is 3. The number of fused-ring (bicyclic) bond motifs is 1. The first-order valence-electron chi connectivity index (χ1n) is 9.27. The van der Waals surface area contributed by atoms with Crippen LogP contribution >= 0.6 is 0 Å². The first-order valence-corrected chi connectivity index (χ1v) is 9.27. The fraction of sp³-hybridized carbons (Fsp3) is 0.238. The van der Waals surface area contributed by atoms with E-state index in [2.05, 4.69) is 14.5 Å². The van der Waals surface area contributed by atoms with Crippen molar-refractivity contribution in [1.82, 2.24) is 19.4 Å². The lowest BCUT2D eigenvalue weighted by atomic mass is 10.1. The Balaban J connectivity index is 0.000000339. The van der Waals surface area contributed by atoms with E-state index in [-0.39, 0.29) is 5.91 Å². The van der Waals surface area contributed by atoms with Crippen molar-refractivity contribution in [2.24, 2.45) is 0 Å². The molecule has 1 amide bonds. The molecule has 0 radical (unpaired) electrons. The van der Waals surface area contributed by atoms with Gasteiger partial charge >= 0.3 is 12.1 Å². The minimum atomic E-state index is -5.08. The molecule has 0 bridgehead atoms. The van der Waals surface area contributed by atoms with Crippen LogP contribution in [0.25, 0.3) is 11.3 Å². The number of carbonyl (C=O) groups excluding carboxylic acids is 1. The zero-order valence-corrected chi connectivity index (χ0v) is 16.5. The number of carbonyl (C=O) groups is 2. The van der Waals surface area contributed by atoms with Gasteiger partial charge in [-0.05, 0) is 31.2 Å². The highest BCUT2D eigenvalue weighted by Gasteiger charge is 2.38. The summed E-state index contributed by atoms with van der Waals surface area (Å²) in [6.45, 7) is 3.99. The number of benzene rings is 1.